The van der Waals surface area contributed by atoms with Crippen molar-refractivity contribution in [2.75, 3.05) is 41.4 Å². The Balaban J connectivity index is 1.90. The summed E-state index contributed by atoms with van der Waals surface area (Å²) in [6.45, 7) is 2.50. The molecule has 104 valence electrons. The molecule has 0 spiro atoms. The summed E-state index contributed by atoms with van der Waals surface area (Å²) < 4.78 is 23.4. The van der Waals surface area contributed by atoms with Crippen molar-refractivity contribution >= 4 is 21.2 Å². The molecule has 0 bridgehead atoms. The Morgan fingerprint density at radius 2 is 2.00 bits per heavy atom. The zero-order valence-electron chi connectivity index (χ0n) is 11.1. The van der Waals surface area contributed by atoms with Gasteiger partial charge in [-0.25, -0.2) is 8.42 Å². The highest BCUT2D eigenvalue weighted by Gasteiger charge is 2.22. The monoisotopic (exact) mass is 280 g/mol. The number of nitrogens with one attached hydrogen (secondary N) is 1. The molecule has 2 aliphatic heterocycles. The van der Waals surface area contributed by atoms with Crippen molar-refractivity contribution in [2.24, 2.45) is 0 Å². The number of fused-ring (bicyclic) bond motifs is 1. The van der Waals surface area contributed by atoms with Gasteiger partial charge in [-0.3, -0.25) is 0 Å². The predicted octanol–water partition coefficient (Wildman–Crippen LogP) is 1.67. The second-order valence-electron chi connectivity index (χ2n) is 5.33. The molecule has 1 aromatic carbocycles. The fourth-order valence-electron chi connectivity index (χ4n) is 2.97. The first-order valence-electron chi connectivity index (χ1n) is 6.97. The summed E-state index contributed by atoms with van der Waals surface area (Å²) in [6, 6.07) is 6.31. The van der Waals surface area contributed by atoms with Gasteiger partial charge in [0.1, 0.15) is 0 Å². The molecule has 2 aliphatic rings. The number of hydrogen-bond donors (Lipinski definition) is 1. The van der Waals surface area contributed by atoms with Gasteiger partial charge in [-0.15, -0.1) is 0 Å². The van der Waals surface area contributed by atoms with Crippen molar-refractivity contribution in [3.8, 4) is 0 Å². The lowest BCUT2D eigenvalue weighted by Crippen LogP contribution is -2.28. The van der Waals surface area contributed by atoms with Gasteiger partial charge in [0, 0.05) is 31.0 Å². The second kappa shape index (κ2) is 5.04. The SMILES string of the molecule is O=S1(=O)CCCN(c2cccc3c2CCCN3)CC1. The van der Waals surface area contributed by atoms with Crippen LogP contribution in [0.15, 0.2) is 18.2 Å². The number of benzene rings is 1. The average Bonchev–Trinajstić information content (AvgIpc) is 2.59. The van der Waals surface area contributed by atoms with Crippen LogP contribution in [-0.4, -0.2) is 39.6 Å². The van der Waals surface area contributed by atoms with E-state index in [4.69, 9.17) is 0 Å². The minimum absolute atomic E-state index is 0.282. The molecule has 4 nitrogen and oxygen atoms in total. The summed E-state index contributed by atoms with van der Waals surface area (Å²) in [7, 11) is -2.84. The Bertz CT molecular complexity index is 569. The maximum atomic E-state index is 11.7. The minimum atomic E-state index is -2.84. The first-order chi connectivity index (χ1) is 9.16. The summed E-state index contributed by atoms with van der Waals surface area (Å²) >= 11 is 0. The molecule has 1 aromatic rings. The van der Waals surface area contributed by atoms with Crippen LogP contribution < -0.4 is 10.2 Å². The number of rotatable bonds is 1. The van der Waals surface area contributed by atoms with Gasteiger partial charge in [0.2, 0.25) is 0 Å². The van der Waals surface area contributed by atoms with E-state index in [2.05, 4.69) is 28.4 Å². The Kier molecular flexibility index (Phi) is 3.39. The van der Waals surface area contributed by atoms with Crippen LogP contribution in [0.4, 0.5) is 11.4 Å². The van der Waals surface area contributed by atoms with Gasteiger partial charge in [0.15, 0.2) is 9.84 Å². The lowest BCUT2D eigenvalue weighted by molar-refractivity contribution is 0.597. The van der Waals surface area contributed by atoms with Gasteiger partial charge >= 0.3 is 0 Å². The summed E-state index contributed by atoms with van der Waals surface area (Å²) in [5, 5.41) is 3.43. The molecule has 3 rings (SSSR count). The highest BCUT2D eigenvalue weighted by atomic mass is 32.2. The molecule has 1 fully saturated rings. The lowest BCUT2D eigenvalue weighted by atomic mass is 10.0. The smallest absolute Gasteiger partial charge is 0.152 e. The third-order valence-electron chi connectivity index (χ3n) is 3.97. The van der Waals surface area contributed by atoms with E-state index in [-0.39, 0.29) is 5.75 Å². The zero-order chi connectivity index (χ0) is 13.3. The Labute approximate surface area is 114 Å². The number of sulfone groups is 1. The topological polar surface area (TPSA) is 49.4 Å². The van der Waals surface area contributed by atoms with Gasteiger partial charge < -0.3 is 10.2 Å². The van der Waals surface area contributed by atoms with Crippen LogP contribution in [0.3, 0.4) is 0 Å². The van der Waals surface area contributed by atoms with Crippen molar-refractivity contribution in [3.05, 3.63) is 23.8 Å². The van der Waals surface area contributed by atoms with Crippen LogP contribution in [0.5, 0.6) is 0 Å². The van der Waals surface area contributed by atoms with E-state index < -0.39 is 9.84 Å². The summed E-state index contributed by atoms with van der Waals surface area (Å²) in [6.07, 6.45) is 2.97. The Morgan fingerprint density at radius 1 is 1.11 bits per heavy atom. The molecule has 1 saturated heterocycles. The molecule has 0 unspecified atom stereocenters. The van der Waals surface area contributed by atoms with E-state index in [9.17, 15) is 8.42 Å². The molecule has 0 aromatic heterocycles. The molecule has 0 atom stereocenters. The lowest BCUT2D eigenvalue weighted by Gasteiger charge is -2.28. The first-order valence-corrected chi connectivity index (χ1v) is 8.79. The van der Waals surface area contributed by atoms with Crippen LogP contribution >= 0.6 is 0 Å². The van der Waals surface area contributed by atoms with Gasteiger partial charge in [-0.2, -0.15) is 0 Å². The number of hydrogen-bond acceptors (Lipinski definition) is 4. The molecule has 2 heterocycles. The highest BCUT2D eigenvalue weighted by Crippen LogP contribution is 2.32. The molecule has 0 amide bonds. The third kappa shape index (κ3) is 2.71. The summed E-state index contributed by atoms with van der Waals surface area (Å²) in [5.74, 6) is 0.612. The van der Waals surface area contributed by atoms with Gasteiger partial charge in [-0.1, -0.05) is 6.07 Å². The minimum Gasteiger partial charge on any atom is -0.385 e. The molecule has 0 radical (unpaired) electrons. The highest BCUT2D eigenvalue weighted by molar-refractivity contribution is 7.91. The van der Waals surface area contributed by atoms with Gasteiger partial charge in [-0.05, 0) is 37.0 Å². The summed E-state index contributed by atoms with van der Waals surface area (Å²) in [4.78, 5) is 2.25. The molecule has 5 heteroatoms. The third-order valence-corrected chi connectivity index (χ3v) is 5.68. The van der Waals surface area contributed by atoms with Crippen molar-refractivity contribution in [2.45, 2.75) is 19.3 Å². The van der Waals surface area contributed by atoms with Gasteiger partial charge in [0.25, 0.3) is 0 Å². The largest absolute Gasteiger partial charge is 0.385 e. The van der Waals surface area contributed by atoms with E-state index >= 15 is 0 Å². The van der Waals surface area contributed by atoms with E-state index in [1.165, 1.54) is 16.9 Å². The van der Waals surface area contributed by atoms with Crippen LogP contribution in [0, 0.1) is 0 Å². The van der Waals surface area contributed by atoms with Crippen molar-refractivity contribution < 1.29 is 8.42 Å². The number of anilines is 2. The van der Waals surface area contributed by atoms with Crippen molar-refractivity contribution in [1.29, 1.82) is 0 Å². The standard InChI is InChI=1S/C14H20N2O2S/c17-19(18)10-3-8-16(9-11-19)14-6-1-5-13-12(14)4-2-7-15-13/h1,5-6,15H,2-4,7-11H2. The van der Waals surface area contributed by atoms with Crippen LogP contribution in [0.1, 0.15) is 18.4 Å². The molecule has 1 N–H and O–H groups in total. The fraction of sp³-hybridized carbons (Fsp3) is 0.571. The van der Waals surface area contributed by atoms with Crippen LogP contribution in [0.25, 0.3) is 0 Å². The van der Waals surface area contributed by atoms with E-state index in [0.29, 0.717) is 12.3 Å². The fourth-order valence-corrected chi connectivity index (χ4v) is 4.24. The summed E-state index contributed by atoms with van der Waals surface area (Å²) in [5.41, 5.74) is 3.80. The zero-order valence-corrected chi connectivity index (χ0v) is 11.9. The molecule has 0 saturated carbocycles. The maximum absolute atomic E-state index is 11.7. The maximum Gasteiger partial charge on any atom is 0.152 e. The first kappa shape index (κ1) is 12.8. The number of nitrogens with zero attached hydrogens (tertiary/aromatic N) is 1. The van der Waals surface area contributed by atoms with E-state index in [1.807, 2.05) is 0 Å². The normalized spacial score (nSPS) is 22.2. The Hall–Kier alpha value is -1.23. The second-order valence-corrected chi connectivity index (χ2v) is 7.63. The van der Waals surface area contributed by atoms with Crippen LogP contribution in [0.2, 0.25) is 0 Å². The Morgan fingerprint density at radius 3 is 2.89 bits per heavy atom. The van der Waals surface area contributed by atoms with Crippen LogP contribution in [-0.2, 0) is 16.3 Å². The molecular formula is C14H20N2O2S. The van der Waals surface area contributed by atoms with E-state index in [1.54, 1.807) is 0 Å². The quantitative estimate of drug-likeness (QED) is 0.850. The van der Waals surface area contributed by atoms with Gasteiger partial charge in [0.05, 0.1) is 11.5 Å². The van der Waals surface area contributed by atoms with Crippen molar-refractivity contribution in [3.63, 3.8) is 0 Å². The predicted molar refractivity (Wildman–Crippen MR) is 78.7 cm³/mol. The van der Waals surface area contributed by atoms with Crippen molar-refractivity contribution in [1.82, 2.24) is 0 Å². The molecular weight excluding hydrogens is 260 g/mol. The molecule has 0 aliphatic carbocycles. The van der Waals surface area contributed by atoms with E-state index in [0.717, 1.165) is 32.4 Å². The molecule has 19 heavy (non-hydrogen) atoms. The average molecular weight is 280 g/mol.